The molecule has 1 aliphatic heterocycles. The van der Waals surface area contributed by atoms with Gasteiger partial charge in [-0.05, 0) is 24.4 Å². The fraction of sp³-hybridized carbons (Fsp3) is 0.462. The number of pyridine rings is 1. The fourth-order valence-electron chi connectivity index (χ4n) is 1.80. The van der Waals surface area contributed by atoms with Crippen molar-refractivity contribution < 1.29 is 4.74 Å². The number of thiocarbonyl (C=S) groups is 1. The molecule has 0 bridgehead atoms. The second-order valence-electron chi connectivity index (χ2n) is 4.33. The van der Waals surface area contributed by atoms with E-state index in [4.69, 9.17) is 17.0 Å². The molecular formula is C13H19N5OS. The molecule has 0 atom stereocenters. The Labute approximate surface area is 124 Å². The molecule has 0 amide bonds. The summed E-state index contributed by atoms with van der Waals surface area (Å²) in [5.74, 6) is 0. The third-order valence-corrected chi connectivity index (χ3v) is 3.10. The van der Waals surface area contributed by atoms with Crippen LogP contribution in [0, 0.1) is 0 Å². The first-order valence-electron chi connectivity index (χ1n) is 6.62. The molecular weight excluding hydrogens is 274 g/mol. The zero-order valence-electron chi connectivity index (χ0n) is 11.3. The number of aromatic nitrogens is 1. The standard InChI is InChI=1S/C13H19N5OS/c20-13(15-5-6-18-7-9-19-10-8-18)17-16-11-12-3-1-2-4-14-12/h1-4,11H,5-10H2,(H2,15,17,20)/b16-11+. The topological polar surface area (TPSA) is 61.8 Å². The lowest BCUT2D eigenvalue weighted by Gasteiger charge is -2.26. The largest absolute Gasteiger partial charge is 0.379 e. The zero-order chi connectivity index (χ0) is 14.0. The number of rotatable bonds is 5. The Morgan fingerprint density at radius 2 is 2.30 bits per heavy atom. The van der Waals surface area contributed by atoms with E-state index in [0.29, 0.717) is 5.11 Å². The molecule has 7 heteroatoms. The average molecular weight is 293 g/mol. The molecule has 108 valence electrons. The lowest BCUT2D eigenvalue weighted by atomic mass is 10.4. The number of nitrogens with zero attached hydrogens (tertiary/aromatic N) is 3. The van der Waals surface area contributed by atoms with Gasteiger partial charge in [0, 0.05) is 32.4 Å². The highest BCUT2D eigenvalue weighted by Gasteiger charge is 2.09. The van der Waals surface area contributed by atoms with Crippen LogP contribution >= 0.6 is 12.2 Å². The van der Waals surface area contributed by atoms with Crippen molar-refractivity contribution in [1.29, 1.82) is 0 Å². The SMILES string of the molecule is S=C(NCCN1CCOCC1)N/N=C/c1ccccn1. The van der Waals surface area contributed by atoms with Crippen molar-refractivity contribution in [2.75, 3.05) is 39.4 Å². The summed E-state index contributed by atoms with van der Waals surface area (Å²) in [6.45, 7) is 5.35. The summed E-state index contributed by atoms with van der Waals surface area (Å²) in [6, 6.07) is 5.65. The molecule has 0 unspecified atom stereocenters. The van der Waals surface area contributed by atoms with Crippen LogP contribution in [0.2, 0.25) is 0 Å². The van der Waals surface area contributed by atoms with E-state index in [1.165, 1.54) is 0 Å². The summed E-state index contributed by atoms with van der Waals surface area (Å²) in [5, 5.41) is 7.67. The van der Waals surface area contributed by atoms with Crippen LogP contribution < -0.4 is 10.7 Å². The van der Waals surface area contributed by atoms with Gasteiger partial charge in [0.25, 0.3) is 0 Å². The molecule has 0 aromatic carbocycles. The second kappa shape index (κ2) is 8.57. The highest BCUT2D eigenvalue weighted by molar-refractivity contribution is 7.80. The molecule has 0 radical (unpaired) electrons. The van der Waals surface area contributed by atoms with Crippen LogP contribution in [0.5, 0.6) is 0 Å². The van der Waals surface area contributed by atoms with Gasteiger partial charge in [0.1, 0.15) is 0 Å². The number of morpholine rings is 1. The average Bonchev–Trinajstić information content (AvgIpc) is 2.49. The van der Waals surface area contributed by atoms with E-state index in [2.05, 4.69) is 25.7 Å². The van der Waals surface area contributed by atoms with Gasteiger partial charge in [0.05, 0.1) is 25.1 Å². The van der Waals surface area contributed by atoms with Gasteiger partial charge >= 0.3 is 0 Å². The smallest absolute Gasteiger partial charge is 0.187 e. The van der Waals surface area contributed by atoms with Gasteiger partial charge in [-0.15, -0.1) is 0 Å². The number of hydrogen-bond donors (Lipinski definition) is 2. The molecule has 1 aliphatic rings. The molecule has 1 saturated heterocycles. The van der Waals surface area contributed by atoms with Crippen molar-refractivity contribution in [3.05, 3.63) is 30.1 Å². The van der Waals surface area contributed by atoms with E-state index < -0.39 is 0 Å². The lowest BCUT2D eigenvalue weighted by Crippen LogP contribution is -2.42. The lowest BCUT2D eigenvalue weighted by molar-refractivity contribution is 0.0389. The van der Waals surface area contributed by atoms with Crippen molar-refractivity contribution in [3.63, 3.8) is 0 Å². The third-order valence-electron chi connectivity index (χ3n) is 2.87. The van der Waals surface area contributed by atoms with E-state index in [1.807, 2.05) is 18.2 Å². The van der Waals surface area contributed by atoms with Crippen molar-refractivity contribution in [1.82, 2.24) is 20.6 Å². The van der Waals surface area contributed by atoms with Crippen molar-refractivity contribution in [2.24, 2.45) is 5.10 Å². The molecule has 2 heterocycles. The molecule has 20 heavy (non-hydrogen) atoms. The van der Waals surface area contributed by atoms with Crippen LogP contribution in [0.4, 0.5) is 0 Å². The first kappa shape index (κ1) is 14.8. The number of hydrazone groups is 1. The summed E-state index contributed by atoms with van der Waals surface area (Å²) in [6.07, 6.45) is 3.36. The number of hydrogen-bond acceptors (Lipinski definition) is 5. The molecule has 6 nitrogen and oxygen atoms in total. The number of nitrogens with one attached hydrogen (secondary N) is 2. The Bertz CT molecular complexity index is 434. The molecule has 0 spiro atoms. The number of ether oxygens (including phenoxy) is 1. The van der Waals surface area contributed by atoms with Gasteiger partial charge < -0.3 is 10.1 Å². The Morgan fingerprint density at radius 3 is 3.05 bits per heavy atom. The normalized spacial score (nSPS) is 16.2. The maximum Gasteiger partial charge on any atom is 0.187 e. The maximum atomic E-state index is 5.30. The predicted octanol–water partition coefficient (Wildman–Crippen LogP) is 0.212. The van der Waals surface area contributed by atoms with E-state index >= 15 is 0 Å². The van der Waals surface area contributed by atoms with Crippen LogP contribution in [0.15, 0.2) is 29.5 Å². The summed E-state index contributed by atoms with van der Waals surface area (Å²) in [7, 11) is 0. The van der Waals surface area contributed by atoms with Crippen LogP contribution in [0.25, 0.3) is 0 Å². The van der Waals surface area contributed by atoms with E-state index in [9.17, 15) is 0 Å². The third kappa shape index (κ3) is 5.60. The first-order chi connectivity index (χ1) is 9.84. The molecule has 0 saturated carbocycles. The highest BCUT2D eigenvalue weighted by Crippen LogP contribution is 1.94. The second-order valence-corrected chi connectivity index (χ2v) is 4.74. The van der Waals surface area contributed by atoms with Gasteiger partial charge in [-0.25, -0.2) is 0 Å². The Balaban J connectivity index is 1.59. The summed E-state index contributed by atoms with van der Waals surface area (Å²) in [5.41, 5.74) is 3.56. The fourth-order valence-corrected chi connectivity index (χ4v) is 1.96. The molecule has 2 N–H and O–H groups in total. The van der Waals surface area contributed by atoms with E-state index in [-0.39, 0.29) is 0 Å². The monoisotopic (exact) mass is 293 g/mol. The minimum Gasteiger partial charge on any atom is -0.379 e. The zero-order valence-corrected chi connectivity index (χ0v) is 12.1. The summed E-state index contributed by atoms with van der Waals surface area (Å²) in [4.78, 5) is 6.47. The Kier molecular flexibility index (Phi) is 6.36. The molecule has 1 aromatic rings. The Hall–Kier alpha value is -1.57. The van der Waals surface area contributed by atoms with Crippen molar-refractivity contribution in [2.45, 2.75) is 0 Å². The van der Waals surface area contributed by atoms with Gasteiger partial charge in [-0.1, -0.05) is 6.07 Å². The molecule has 0 aliphatic carbocycles. The summed E-state index contributed by atoms with van der Waals surface area (Å²) >= 11 is 5.14. The van der Waals surface area contributed by atoms with Crippen molar-refractivity contribution in [3.8, 4) is 0 Å². The van der Waals surface area contributed by atoms with Gasteiger partial charge in [-0.2, -0.15) is 5.10 Å². The van der Waals surface area contributed by atoms with Crippen LogP contribution in [0.3, 0.4) is 0 Å². The van der Waals surface area contributed by atoms with Gasteiger partial charge in [0.2, 0.25) is 0 Å². The van der Waals surface area contributed by atoms with Crippen LogP contribution in [-0.2, 0) is 4.74 Å². The van der Waals surface area contributed by atoms with E-state index in [0.717, 1.165) is 45.1 Å². The van der Waals surface area contributed by atoms with Crippen LogP contribution in [0.1, 0.15) is 5.69 Å². The van der Waals surface area contributed by atoms with E-state index in [1.54, 1.807) is 12.4 Å². The molecule has 2 rings (SSSR count). The van der Waals surface area contributed by atoms with Gasteiger partial charge in [0.15, 0.2) is 5.11 Å². The quantitative estimate of drug-likeness (QED) is 0.460. The van der Waals surface area contributed by atoms with Crippen LogP contribution in [-0.4, -0.2) is 60.6 Å². The summed E-state index contributed by atoms with van der Waals surface area (Å²) < 4.78 is 5.30. The highest BCUT2D eigenvalue weighted by atomic mass is 32.1. The molecule has 1 aromatic heterocycles. The van der Waals surface area contributed by atoms with Gasteiger partial charge in [-0.3, -0.25) is 15.3 Å². The minimum atomic E-state index is 0.519. The predicted molar refractivity (Wildman–Crippen MR) is 82.8 cm³/mol. The first-order valence-corrected chi connectivity index (χ1v) is 7.03. The maximum absolute atomic E-state index is 5.30. The Morgan fingerprint density at radius 1 is 1.45 bits per heavy atom. The molecule has 1 fully saturated rings. The minimum absolute atomic E-state index is 0.519. The van der Waals surface area contributed by atoms with Crippen molar-refractivity contribution >= 4 is 23.5 Å².